The zero-order valence-corrected chi connectivity index (χ0v) is 19.8. The SMILES string of the molecule is Cl.NC(=O)c1cc(S(=O)(=O)c2ccc(CCNC[C@H](O)c3ccc(Cl)cc3)cc2)ccc1O. The van der Waals surface area contributed by atoms with Crippen molar-refractivity contribution in [3.8, 4) is 5.75 Å². The van der Waals surface area contributed by atoms with Crippen molar-refractivity contribution in [1.29, 1.82) is 0 Å². The van der Waals surface area contributed by atoms with Crippen LogP contribution in [0.4, 0.5) is 0 Å². The maximum Gasteiger partial charge on any atom is 0.252 e. The van der Waals surface area contributed by atoms with E-state index in [1.54, 1.807) is 36.4 Å². The van der Waals surface area contributed by atoms with Gasteiger partial charge in [0.25, 0.3) is 5.91 Å². The fourth-order valence-corrected chi connectivity index (χ4v) is 4.54. The molecule has 0 radical (unpaired) electrons. The van der Waals surface area contributed by atoms with Crippen LogP contribution in [0.2, 0.25) is 5.02 Å². The van der Waals surface area contributed by atoms with E-state index in [0.717, 1.165) is 23.3 Å². The van der Waals surface area contributed by atoms with E-state index in [1.807, 2.05) is 0 Å². The molecule has 1 atom stereocenters. The highest BCUT2D eigenvalue weighted by molar-refractivity contribution is 7.91. The summed E-state index contributed by atoms with van der Waals surface area (Å²) in [5.41, 5.74) is 6.61. The average molecular weight is 511 g/mol. The molecule has 0 fully saturated rings. The van der Waals surface area contributed by atoms with Crippen molar-refractivity contribution in [1.82, 2.24) is 5.32 Å². The van der Waals surface area contributed by atoms with Crippen LogP contribution in [-0.4, -0.2) is 37.6 Å². The lowest BCUT2D eigenvalue weighted by Gasteiger charge is -2.12. The van der Waals surface area contributed by atoms with E-state index in [0.29, 0.717) is 24.5 Å². The van der Waals surface area contributed by atoms with Crippen molar-refractivity contribution in [3.05, 3.63) is 88.4 Å². The number of nitrogens with two attached hydrogens (primary N) is 1. The first-order valence-corrected chi connectivity index (χ1v) is 11.7. The number of aliphatic hydroxyl groups is 1. The standard InChI is InChI=1S/C23H23ClN2O5S.ClH/c24-17-5-3-16(4-6-17)22(28)14-26-12-11-15-1-7-18(8-2-15)32(30,31)19-9-10-21(27)20(13-19)23(25)29;/h1-10,13,22,26-28H,11-12,14H2,(H2,25,29);1H/t22-;/m0./s1. The van der Waals surface area contributed by atoms with E-state index >= 15 is 0 Å². The van der Waals surface area contributed by atoms with Gasteiger partial charge < -0.3 is 21.3 Å². The molecular formula is C23H24Cl2N2O5S. The molecule has 3 rings (SSSR count). The van der Waals surface area contributed by atoms with Crippen LogP contribution in [0, 0.1) is 0 Å². The van der Waals surface area contributed by atoms with Gasteiger partial charge in [-0.3, -0.25) is 4.79 Å². The van der Waals surface area contributed by atoms with Gasteiger partial charge in [-0.25, -0.2) is 8.42 Å². The smallest absolute Gasteiger partial charge is 0.252 e. The summed E-state index contributed by atoms with van der Waals surface area (Å²) in [5, 5.41) is 23.6. The third-order valence-electron chi connectivity index (χ3n) is 4.96. The minimum absolute atomic E-state index is 0. The molecule has 0 saturated carbocycles. The summed E-state index contributed by atoms with van der Waals surface area (Å²) in [4.78, 5) is 11.3. The molecule has 0 unspecified atom stereocenters. The van der Waals surface area contributed by atoms with Crippen molar-refractivity contribution in [3.63, 3.8) is 0 Å². The lowest BCUT2D eigenvalue weighted by Crippen LogP contribution is -2.23. The van der Waals surface area contributed by atoms with Gasteiger partial charge in [-0.15, -0.1) is 12.4 Å². The number of hydrogen-bond donors (Lipinski definition) is 4. The summed E-state index contributed by atoms with van der Waals surface area (Å²) < 4.78 is 25.7. The number of aliphatic hydroxyl groups excluding tert-OH is 1. The molecule has 3 aromatic rings. The summed E-state index contributed by atoms with van der Waals surface area (Å²) in [7, 11) is -3.88. The molecule has 0 aliphatic carbocycles. The Morgan fingerprint density at radius 1 is 1.00 bits per heavy atom. The number of sulfone groups is 1. The predicted molar refractivity (Wildman–Crippen MR) is 129 cm³/mol. The molecule has 7 nitrogen and oxygen atoms in total. The zero-order chi connectivity index (χ0) is 23.3. The Labute approximate surface area is 203 Å². The van der Waals surface area contributed by atoms with Gasteiger partial charge in [0.05, 0.1) is 21.5 Å². The first kappa shape index (κ1) is 26.6. The monoisotopic (exact) mass is 510 g/mol. The van der Waals surface area contributed by atoms with E-state index in [1.165, 1.54) is 18.2 Å². The van der Waals surface area contributed by atoms with Crippen molar-refractivity contribution < 1.29 is 23.4 Å². The van der Waals surface area contributed by atoms with Crippen molar-refractivity contribution in [2.24, 2.45) is 5.73 Å². The summed E-state index contributed by atoms with van der Waals surface area (Å²) in [5.74, 6) is -1.29. The number of rotatable bonds is 9. The molecule has 0 aliphatic heterocycles. The van der Waals surface area contributed by atoms with Crippen molar-refractivity contribution in [2.75, 3.05) is 13.1 Å². The predicted octanol–water partition coefficient (Wildman–Crippen LogP) is 3.26. The van der Waals surface area contributed by atoms with Gasteiger partial charge in [-0.05, 0) is 66.6 Å². The average Bonchev–Trinajstić information content (AvgIpc) is 2.77. The number of carbonyl (C=O) groups excluding carboxylic acids is 1. The zero-order valence-electron chi connectivity index (χ0n) is 17.4. The second-order valence-corrected chi connectivity index (χ2v) is 9.60. The highest BCUT2D eigenvalue weighted by atomic mass is 35.5. The van der Waals surface area contributed by atoms with Gasteiger partial charge in [-0.2, -0.15) is 0 Å². The van der Waals surface area contributed by atoms with Gasteiger partial charge in [-0.1, -0.05) is 35.9 Å². The minimum atomic E-state index is -3.88. The highest BCUT2D eigenvalue weighted by Gasteiger charge is 2.20. The van der Waals surface area contributed by atoms with Gasteiger partial charge >= 0.3 is 0 Å². The van der Waals surface area contributed by atoms with E-state index in [4.69, 9.17) is 17.3 Å². The molecule has 1 amide bonds. The lowest BCUT2D eigenvalue weighted by atomic mass is 10.1. The molecule has 0 spiro atoms. The number of carbonyl (C=O) groups is 1. The fraction of sp³-hybridized carbons (Fsp3) is 0.174. The maximum absolute atomic E-state index is 12.8. The van der Waals surface area contributed by atoms with Crippen LogP contribution in [0.15, 0.2) is 76.5 Å². The molecular weight excluding hydrogens is 487 g/mol. The summed E-state index contributed by atoms with van der Waals surface area (Å²) in [6.45, 7) is 0.966. The minimum Gasteiger partial charge on any atom is -0.507 e. The Kier molecular flexibility index (Phi) is 9.27. The third kappa shape index (κ3) is 6.69. The largest absolute Gasteiger partial charge is 0.507 e. The normalized spacial score (nSPS) is 12.1. The van der Waals surface area contributed by atoms with Crippen molar-refractivity contribution in [2.45, 2.75) is 22.3 Å². The second-order valence-electron chi connectivity index (χ2n) is 7.21. The van der Waals surface area contributed by atoms with Crippen LogP contribution in [0.3, 0.4) is 0 Å². The molecule has 0 heterocycles. The topological polar surface area (TPSA) is 130 Å². The summed E-state index contributed by atoms with van der Waals surface area (Å²) in [6, 6.07) is 16.8. The van der Waals surface area contributed by atoms with Gasteiger partial charge in [0.15, 0.2) is 0 Å². The maximum atomic E-state index is 12.8. The van der Waals surface area contributed by atoms with Gasteiger partial charge in [0, 0.05) is 11.6 Å². The number of halogens is 2. The number of benzene rings is 3. The molecule has 3 aromatic carbocycles. The Morgan fingerprint density at radius 3 is 2.21 bits per heavy atom. The Balaban J connectivity index is 0.00000385. The number of nitrogens with one attached hydrogen (secondary N) is 1. The van der Waals surface area contributed by atoms with Crippen LogP contribution in [0.1, 0.15) is 27.6 Å². The van der Waals surface area contributed by atoms with E-state index in [2.05, 4.69) is 5.32 Å². The Bertz CT molecular complexity index is 1200. The fourth-order valence-electron chi connectivity index (χ4n) is 3.13. The highest BCUT2D eigenvalue weighted by Crippen LogP contribution is 2.26. The van der Waals surface area contributed by atoms with Crippen LogP contribution < -0.4 is 11.1 Å². The van der Waals surface area contributed by atoms with Crippen LogP contribution in [-0.2, 0) is 16.3 Å². The molecule has 33 heavy (non-hydrogen) atoms. The molecule has 5 N–H and O–H groups in total. The molecule has 0 aliphatic rings. The number of amides is 1. The van der Waals surface area contributed by atoms with E-state index in [-0.39, 0.29) is 33.5 Å². The Morgan fingerprint density at radius 2 is 1.61 bits per heavy atom. The van der Waals surface area contributed by atoms with Crippen LogP contribution >= 0.6 is 24.0 Å². The number of phenols is 1. The summed E-state index contributed by atoms with van der Waals surface area (Å²) >= 11 is 5.85. The first-order chi connectivity index (χ1) is 15.2. The molecule has 0 aromatic heterocycles. The van der Waals surface area contributed by atoms with E-state index < -0.39 is 21.8 Å². The van der Waals surface area contributed by atoms with E-state index in [9.17, 15) is 23.4 Å². The quantitative estimate of drug-likeness (QED) is 0.327. The first-order valence-electron chi connectivity index (χ1n) is 9.79. The Hall–Kier alpha value is -2.62. The number of aromatic hydroxyl groups is 1. The van der Waals surface area contributed by atoms with Crippen molar-refractivity contribution >= 4 is 39.8 Å². The second kappa shape index (κ2) is 11.5. The molecule has 0 bridgehead atoms. The molecule has 0 saturated heterocycles. The van der Waals surface area contributed by atoms with Gasteiger partial charge in [0.2, 0.25) is 9.84 Å². The lowest BCUT2D eigenvalue weighted by molar-refractivity contribution is 0.0997. The number of hydrogen-bond acceptors (Lipinski definition) is 6. The molecule has 10 heteroatoms. The number of primary amides is 1. The molecule has 176 valence electrons. The van der Waals surface area contributed by atoms with Crippen LogP contribution in [0.25, 0.3) is 0 Å². The van der Waals surface area contributed by atoms with Gasteiger partial charge in [0.1, 0.15) is 5.75 Å². The third-order valence-corrected chi connectivity index (χ3v) is 6.98. The van der Waals surface area contributed by atoms with Crippen LogP contribution in [0.5, 0.6) is 5.75 Å². The summed E-state index contributed by atoms with van der Waals surface area (Å²) in [6.07, 6.45) is -0.0195.